The quantitative estimate of drug-likeness (QED) is 0.453. The third-order valence-corrected chi connectivity index (χ3v) is 9.37. The van der Waals surface area contributed by atoms with Crippen LogP contribution in [0.2, 0.25) is 0 Å². The molecule has 26 heavy (non-hydrogen) atoms. The van der Waals surface area contributed by atoms with E-state index in [9.17, 15) is 0 Å². The van der Waals surface area contributed by atoms with Crippen LogP contribution in [0.3, 0.4) is 0 Å². The maximum atomic E-state index is 2.59. The van der Waals surface area contributed by atoms with Crippen LogP contribution in [-0.2, 0) is 12.8 Å². The molecule has 0 spiro atoms. The fraction of sp³-hybridized carbons (Fsp3) is 0.417. The van der Waals surface area contributed by atoms with Crippen molar-refractivity contribution in [1.29, 1.82) is 0 Å². The summed E-state index contributed by atoms with van der Waals surface area (Å²) in [6, 6.07) is 4.70. The Balaban J connectivity index is 1.49. The van der Waals surface area contributed by atoms with Crippen LogP contribution in [-0.4, -0.2) is 0 Å². The molecule has 132 valence electrons. The van der Waals surface area contributed by atoms with Gasteiger partial charge < -0.3 is 0 Å². The van der Waals surface area contributed by atoms with Crippen molar-refractivity contribution in [2.75, 3.05) is 0 Å². The van der Waals surface area contributed by atoms with E-state index in [0.29, 0.717) is 10.8 Å². The second-order valence-corrected chi connectivity index (χ2v) is 11.0. The summed E-state index contributed by atoms with van der Waals surface area (Å²) in [5.41, 5.74) is 10.5. The largest absolute Gasteiger partial charge is 0.144 e. The zero-order valence-corrected chi connectivity index (χ0v) is 17.2. The molecule has 4 aliphatic rings. The Hall–Kier alpha value is -1.38. The molecule has 0 nitrogen and oxygen atoms in total. The molecule has 4 aliphatic carbocycles. The number of rotatable bonds is 0. The average Bonchev–Trinajstić information content (AvgIpc) is 3.33. The van der Waals surface area contributed by atoms with Gasteiger partial charge in [0.15, 0.2) is 0 Å². The molecule has 6 rings (SSSR count). The maximum Gasteiger partial charge on any atom is 0.0340 e. The van der Waals surface area contributed by atoms with E-state index in [1.807, 2.05) is 22.7 Å². The molecule has 0 fully saturated rings. The van der Waals surface area contributed by atoms with Gasteiger partial charge >= 0.3 is 0 Å². The number of hydrogen-bond acceptors (Lipinski definition) is 2. The number of thiophene rings is 2. The molecule has 0 saturated carbocycles. The lowest BCUT2D eigenvalue weighted by atomic mass is 9.70. The third-order valence-electron chi connectivity index (χ3n) is 7.39. The Morgan fingerprint density at radius 3 is 1.65 bits per heavy atom. The lowest BCUT2D eigenvalue weighted by Gasteiger charge is -2.35. The average molecular weight is 377 g/mol. The van der Waals surface area contributed by atoms with Gasteiger partial charge in [-0.3, -0.25) is 0 Å². The first kappa shape index (κ1) is 15.7. The summed E-state index contributed by atoms with van der Waals surface area (Å²) in [6.07, 6.45) is 12.8. The van der Waals surface area contributed by atoms with Gasteiger partial charge in [-0.2, -0.15) is 0 Å². The lowest BCUT2D eigenvalue weighted by molar-refractivity contribution is 0.405. The van der Waals surface area contributed by atoms with Gasteiger partial charge in [-0.1, -0.05) is 26.0 Å². The lowest BCUT2D eigenvalue weighted by Crippen LogP contribution is -2.22. The van der Waals surface area contributed by atoms with Crippen LogP contribution < -0.4 is 0 Å². The predicted molar refractivity (Wildman–Crippen MR) is 114 cm³/mol. The molecule has 2 aromatic rings. The highest BCUT2D eigenvalue weighted by atomic mass is 32.1. The molecule has 2 heterocycles. The topological polar surface area (TPSA) is 0 Å². The van der Waals surface area contributed by atoms with Crippen molar-refractivity contribution in [2.45, 2.75) is 52.4 Å². The highest BCUT2D eigenvalue weighted by Crippen LogP contribution is 2.57. The molecular weight excluding hydrogens is 352 g/mol. The zero-order valence-electron chi connectivity index (χ0n) is 15.5. The van der Waals surface area contributed by atoms with E-state index in [4.69, 9.17) is 0 Å². The molecule has 0 bridgehead atoms. The van der Waals surface area contributed by atoms with E-state index in [-0.39, 0.29) is 0 Å². The first-order valence-corrected chi connectivity index (χ1v) is 11.6. The standard InChI is InChI=1S/C24H24S2/c1-23-7-3-15(11-19(23)21-17(13-23)5-9-25-21)16-4-8-24(2)14-18-6-10-26-22(18)20(24)12-16/h5-6,9-12H,3-4,7-8,13-14H2,1-2H3/b16-15+. The minimum Gasteiger partial charge on any atom is -0.144 e. The van der Waals surface area contributed by atoms with Crippen molar-refractivity contribution >= 4 is 33.8 Å². The summed E-state index contributed by atoms with van der Waals surface area (Å²) in [4.78, 5) is 3.14. The Kier molecular flexibility index (Phi) is 3.08. The normalized spacial score (nSPS) is 34.7. The number of allylic oxidation sites excluding steroid dienone is 6. The number of fused-ring (bicyclic) bond motifs is 6. The second kappa shape index (κ2) is 5.11. The van der Waals surface area contributed by atoms with Crippen molar-refractivity contribution < 1.29 is 0 Å². The van der Waals surface area contributed by atoms with Crippen LogP contribution in [0.1, 0.15) is 60.4 Å². The van der Waals surface area contributed by atoms with Crippen molar-refractivity contribution in [2.24, 2.45) is 10.8 Å². The van der Waals surface area contributed by atoms with E-state index in [2.05, 4.69) is 48.9 Å². The Morgan fingerprint density at radius 2 is 1.19 bits per heavy atom. The Bertz CT molecular complexity index is 942. The van der Waals surface area contributed by atoms with E-state index in [1.54, 1.807) is 43.2 Å². The molecule has 2 aromatic heterocycles. The smallest absolute Gasteiger partial charge is 0.0340 e. The van der Waals surface area contributed by atoms with Gasteiger partial charge in [-0.05, 0) is 106 Å². The van der Waals surface area contributed by atoms with Crippen LogP contribution in [0.15, 0.2) is 46.2 Å². The summed E-state index contributed by atoms with van der Waals surface area (Å²) in [7, 11) is 0. The van der Waals surface area contributed by atoms with Gasteiger partial charge in [0.1, 0.15) is 0 Å². The van der Waals surface area contributed by atoms with Gasteiger partial charge in [-0.15, -0.1) is 22.7 Å². The molecule has 0 aromatic carbocycles. The molecule has 0 N–H and O–H groups in total. The van der Waals surface area contributed by atoms with E-state index in [0.717, 1.165) is 0 Å². The van der Waals surface area contributed by atoms with Crippen molar-refractivity contribution in [3.63, 3.8) is 0 Å². The minimum atomic E-state index is 0.386. The molecule has 0 aliphatic heterocycles. The first-order valence-electron chi connectivity index (χ1n) is 9.86. The van der Waals surface area contributed by atoms with Gasteiger partial charge in [-0.25, -0.2) is 0 Å². The van der Waals surface area contributed by atoms with E-state index >= 15 is 0 Å². The maximum absolute atomic E-state index is 2.59. The van der Waals surface area contributed by atoms with Crippen LogP contribution in [0.4, 0.5) is 0 Å². The van der Waals surface area contributed by atoms with Gasteiger partial charge in [0.05, 0.1) is 0 Å². The summed E-state index contributed by atoms with van der Waals surface area (Å²) < 4.78 is 0. The fourth-order valence-corrected chi connectivity index (χ4v) is 7.93. The summed E-state index contributed by atoms with van der Waals surface area (Å²) in [6.45, 7) is 4.97. The Morgan fingerprint density at radius 1 is 0.731 bits per heavy atom. The second-order valence-electron chi connectivity index (χ2n) is 9.19. The van der Waals surface area contributed by atoms with Crippen LogP contribution in [0.25, 0.3) is 11.1 Å². The molecule has 2 unspecified atom stereocenters. The van der Waals surface area contributed by atoms with Gasteiger partial charge in [0.25, 0.3) is 0 Å². The monoisotopic (exact) mass is 376 g/mol. The van der Waals surface area contributed by atoms with Gasteiger partial charge in [0, 0.05) is 9.75 Å². The molecule has 0 saturated heterocycles. The SMILES string of the molecule is CC12CC/C(=C3\C=C4c5sccc5CC4(C)CC3)C=C1c1sccc1C2. The van der Waals surface area contributed by atoms with Crippen LogP contribution in [0, 0.1) is 10.8 Å². The van der Waals surface area contributed by atoms with Crippen molar-refractivity contribution in [3.05, 3.63) is 67.1 Å². The summed E-state index contributed by atoms with van der Waals surface area (Å²) in [5, 5.41) is 4.55. The molecule has 0 radical (unpaired) electrons. The van der Waals surface area contributed by atoms with Gasteiger partial charge in [0.2, 0.25) is 0 Å². The van der Waals surface area contributed by atoms with E-state index < -0.39 is 0 Å². The highest BCUT2D eigenvalue weighted by molar-refractivity contribution is 7.11. The molecule has 2 atom stereocenters. The van der Waals surface area contributed by atoms with Crippen molar-refractivity contribution in [3.8, 4) is 0 Å². The number of hydrogen-bond donors (Lipinski definition) is 0. The Labute approximate surface area is 164 Å². The minimum absolute atomic E-state index is 0.386. The van der Waals surface area contributed by atoms with Crippen LogP contribution in [0.5, 0.6) is 0 Å². The third kappa shape index (κ3) is 2.00. The fourth-order valence-electron chi connectivity index (χ4n) is 5.75. The highest BCUT2D eigenvalue weighted by Gasteiger charge is 2.43. The summed E-state index contributed by atoms with van der Waals surface area (Å²) in [5.74, 6) is 0. The molecular formula is C24H24S2. The summed E-state index contributed by atoms with van der Waals surface area (Å²) >= 11 is 3.89. The molecule has 0 amide bonds. The predicted octanol–water partition coefficient (Wildman–Crippen LogP) is 7.29. The van der Waals surface area contributed by atoms with Crippen molar-refractivity contribution in [1.82, 2.24) is 0 Å². The first-order chi connectivity index (χ1) is 12.6. The van der Waals surface area contributed by atoms with E-state index in [1.165, 1.54) is 38.5 Å². The zero-order chi connectivity index (χ0) is 17.5. The molecule has 2 heteroatoms. The van der Waals surface area contributed by atoms with Crippen LogP contribution >= 0.6 is 22.7 Å².